The van der Waals surface area contributed by atoms with Gasteiger partial charge in [-0.25, -0.2) is 0 Å². The number of nitrogens with zero attached hydrogens (tertiary/aromatic N) is 1. The topological polar surface area (TPSA) is 34.1 Å². The second-order valence-electron chi connectivity index (χ2n) is 7.67. The maximum absolute atomic E-state index is 5.90. The van der Waals surface area contributed by atoms with Crippen molar-refractivity contribution in [1.29, 1.82) is 0 Å². The molecular weight excluding hydrogens is 363 g/mol. The SMILES string of the molecule is PCCC1COc2cc(NC3CCc4c(-c5ccccc5)cccc43)cnc21. The Kier molecular flexibility index (Phi) is 4.78. The Labute approximate surface area is 168 Å². The van der Waals surface area contributed by atoms with Crippen LogP contribution in [0.2, 0.25) is 0 Å². The van der Waals surface area contributed by atoms with Crippen molar-refractivity contribution in [3.63, 3.8) is 0 Å². The third-order valence-electron chi connectivity index (χ3n) is 5.92. The molecule has 0 bridgehead atoms. The quantitative estimate of drug-likeness (QED) is 0.579. The van der Waals surface area contributed by atoms with E-state index in [0.29, 0.717) is 12.0 Å². The molecule has 0 spiro atoms. The maximum atomic E-state index is 5.90. The van der Waals surface area contributed by atoms with Crippen LogP contribution < -0.4 is 10.1 Å². The summed E-state index contributed by atoms with van der Waals surface area (Å²) in [6.45, 7) is 0.757. The van der Waals surface area contributed by atoms with Gasteiger partial charge >= 0.3 is 0 Å². The van der Waals surface area contributed by atoms with Crippen LogP contribution in [0.5, 0.6) is 5.75 Å². The molecule has 5 rings (SSSR count). The van der Waals surface area contributed by atoms with Crippen LogP contribution in [0.1, 0.15) is 41.6 Å². The highest BCUT2D eigenvalue weighted by molar-refractivity contribution is 7.16. The van der Waals surface area contributed by atoms with Crippen molar-refractivity contribution >= 4 is 14.9 Å². The van der Waals surface area contributed by atoms with Crippen molar-refractivity contribution in [2.45, 2.75) is 31.2 Å². The lowest BCUT2D eigenvalue weighted by molar-refractivity contribution is 0.328. The van der Waals surface area contributed by atoms with E-state index in [-0.39, 0.29) is 0 Å². The lowest BCUT2D eigenvalue weighted by Gasteiger charge is -2.17. The number of pyridine rings is 1. The van der Waals surface area contributed by atoms with Crippen molar-refractivity contribution in [3.05, 3.63) is 77.6 Å². The fourth-order valence-corrected chi connectivity index (χ4v) is 4.94. The summed E-state index contributed by atoms with van der Waals surface area (Å²) in [6, 6.07) is 19.8. The summed E-state index contributed by atoms with van der Waals surface area (Å²) < 4.78 is 5.90. The number of fused-ring (bicyclic) bond motifs is 2. The highest BCUT2D eigenvalue weighted by Crippen LogP contribution is 2.41. The molecule has 0 saturated heterocycles. The van der Waals surface area contributed by atoms with Gasteiger partial charge < -0.3 is 10.1 Å². The van der Waals surface area contributed by atoms with Crippen LogP contribution in [0.15, 0.2) is 60.8 Å². The van der Waals surface area contributed by atoms with Crippen LogP contribution in [0.25, 0.3) is 11.1 Å². The molecule has 2 aliphatic rings. The second-order valence-corrected chi connectivity index (χ2v) is 8.24. The summed E-state index contributed by atoms with van der Waals surface area (Å²) in [5.41, 5.74) is 7.70. The Balaban J connectivity index is 1.40. The molecule has 3 unspecified atom stereocenters. The van der Waals surface area contributed by atoms with E-state index in [1.54, 1.807) is 0 Å². The summed E-state index contributed by atoms with van der Waals surface area (Å²) in [5.74, 6) is 1.38. The van der Waals surface area contributed by atoms with Gasteiger partial charge in [0.1, 0.15) is 5.75 Å². The number of hydrogen-bond donors (Lipinski definition) is 1. The third kappa shape index (κ3) is 3.18. The number of hydrogen-bond acceptors (Lipinski definition) is 3. The Morgan fingerprint density at radius 1 is 1.11 bits per heavy atom. The number of aromatic nitrogens is 1. The maximum Gasteiger partial charge on any atom is 0.143 e. The second kappa shape index (κ2) is 7.56. The Morgan fingerprint density at radius 2 is 2.00 bits per heavy atom. The molecule has 0 fully saturated rings. The van der Waals surface area contributed by atoms with Crippen LogP contribution in [0.3, 0.4) is 0 Å². The lowest BCUT2D eigenvalue weighted by Crippen LogP contribution is -2.08. The van der Waals surface area contributed by atoms with Crippen LogP contribution >= 0.6 is 9.24 Å². The van der Waals surface area contributed by atoms with E-state index in [4.69, 9.17) is 9.72 Å². The molecule has 0 radical (unpaired) electrons. The van der Waals surface area contributed by atoms with Crippen molar-refractivity contribution in [2.75, 3.05) is 18.1 Å². The Morgan fingerprint density at radius 3 is 2.86 bits per heavy atom. The monoisotopic (exact) mass is 388 g/mol. The van der Waals surface area contributed by atoms with Crippen LogP contribution in [-0.4, -0.2) is 17.8 Å². The molecule has 3 aromatic rings. The lowest BCUT2D eigenvalue weighted by atomic mass is 9.96. The van der Waals surface area contributed by atoms with Crippen LogP contribution in [-0.2, 0) is 6.42 Å². The van der Waals surface area contributed by atoms with Gasteiger partial charge in [0.05, 0.1) is 30.2 Å². The molecule has 3 nitrogen and oxygen atoms in total. The van der Waals surface area contributed by atoms with E-state index in [0.717, 1.165) is 49.2 Å². The number of rotatable bonds is 5. The fourth-order valence-electron chi connectivity index (χ4n) is 4.54. The molecule has 1 aromatic heterocycles. The molecule has 142 valence electrons. The van der Waals surface area contributed by atoms with E-state index in [1.165, 1.54) is 22.3 Å². The van der Waals surface area contributed by atoms with Crippen LogP contribution in [0, 0.1) is 0 Å². The van der Waals surface area contributed by atoms with Crippen molar-refractivity contribution in [1.82, 2.24) is 4.98 Å². The van der Waals surface area contributed by atoms with Gasteiger partial charge in [-0.3, -0.25) is 4.98 Å². The first-order valence-corrected chi connectivity index (χ1v) is 10.9. The highest BCUT2D eigenvalue weighted by atomic mass is 31.0. The molecular formula is C24H25N2OP. The van der Waals surface area contributed by atoms with Gasteiger partial charge in [0, 0.05) is 12.0 Å². The van der Waals surface area contributed by atoms with Gasteiger partial charge in [-0.15, -0.1) is 9.24 Å². The van der Waals surface area contributed by atoms with Gasteiger partial charge in [-0.05, 0) is 47.7 Å². The molecule has 1 aliphatic carbocycles. The van der Waals surface area contributed by atoms with Crippen LogP contribution in [0.4, 0.5) is 5.69 Å². The minimum absolute atomic E-state index is 0.322. The molecule has 2 heterocycles. The predicted molar refractivity (Wildman–Crippen MR) is 118 cm³/mol. The van der Waals surface area contributed by atoms with E-state index in [2.05, 4.69) is 69.2 Å². The summed E-state index contributed by atoms with van der Waals surface area (Å²) in [7, 11) is 2.80. The van der Waals surface area contributed by atoms with E-state index >= 15 is 0 Å². The zero-order chi connectivity index (χ0) is 18.9. The largest absolute Gasteiger partial charge is 0.491 e. The smallest absolute Gasteiger partial charge is 0.143 e. The van der Waals surface area contributed by atoms with Crippen molar-refractivity contribution in [2.24, 2.45) is 0 Å². The standard InChI is InChI=1S/C24H25N2OP/c28-12-11-17-15-27-23-13-18(14-25-24(17)23)26-22-10-9-20-19(7-4-8-21(20)22)16-5-2-1-3-6-16/h1-8,13-14,17,22,26H,9-12,15,28H2. The first kappa shape index (κ1) is 17.7. The number of ether oxygens (including phenoxy) is 1. The van der Waals surface area contributed by atoms with Crippen molar-refractivity contribution in [3.8, 4) is 16.9 Å². The molecule has 0 saturated carbocycles. The number of benzene rings is 2. The summed E-state index contributed by atoms with van der Waals surface area (Å²) in [4.78, 5) is 4.73. The minimum atomic E-state index is 0.322. The zero-order valence-corrected chi connectivity index (χ0v) is 17.1. The third-order valence-corrected chi connectivity index (χ3v) is 6.25. The summed E-state index contributed by atoms with van der Waals surface area (Å²) >= 11 is 0. The molecule has 1 N–H and O–H groups in total. The van der Waals surface area contributed by atoms with Gasteiger partial charge in [0.25, 0.3) is 0 Å². The molecule has 0 amide bonds. The molecule has 1 aliphatic heterocycles. The molecule has 28 heavy (non-hydrogen) atoms. The first-order chi connectivity index (χ1) is 13.8. The summed E-state index contributed by atoms with van der Waals surface area (Å²) in [5, 5.41) is 3.71. The average molecular weight is 388 g/mol. The first-order valence-electron chi connectivity index (χ1n) is 10.1. The predicted octanol–water partition coefficient (Wildman–Crippen LogP) is 5.59. The van der Waals surface area contributed by atoms with Gasteiger partial charge in [-0.2, -0.15) is 0 Å². The number of nitrogens with one attached hydrogen (secondary N) is 1. The molecule has 4 heteroatoms. The van der Waals surface area contributed by atoms with Gasteiger partial charge in [0.15, 0.2) is 0 Å². The van der Waals surface area contributed by atoms with E-state index in [9.17, 15) is 0 Å². The minimum Gasteiger partial charge on any atom is -0.491 e. The molecule has 2 aromatic carbocycles. The Hall–Kier alpha value is -2.38. The molecule has 3 atom stereocenters. The fraction of sp³-hybridized carbons (Fsp3) is 0.292. The average Bonchev–Trinajstić information content (AvgIpc) is 3.33. The zero-order valence-electron chi connectivity index (χ0n) is 15.9. The Bertz CT molecular complexity index is 989. The van der Waals surface area contributed by atoms with Gasteiger partial charge in [-0.1, -0.05) is 48.5 Å². The summed E-state index contributed by atoms with van der Waals surface area (Å²) in [6.07, 6.45) is 6.37. The number of anilines is 1. The van der Waals surface area contributed by atoms with Gasteiger partial charge in [0.2, 0.25) is 0 Å². The van der Waals surface area contributed by atoms with Crippen molar-refractivity contribution < 1.29 is 4.74 Å². The van der Waals surface area contributed by atoms with E-state index in [1.807, 2.05) is 6.20 Å². The highest BCUT2D eigenvalue weighted by Gasteiger charge is 2.27. The normalized spacial score (nSPS) is 19.8. The van der Waals surface area contributed by atoms with E-state index < -0.39 is 0 Å².